The smallest absolute Gasteiger partial charge is 0.417 e. The van der Waals surface area contributed by atoms with Crippen molar-refractivity contribution >= 4 is 5.91 Å². The summed E-state index contributed by atoms with van der Waals surface area (Å²) in [6.45, 7) is 1.66. The van der Waals surface area contributed by atoms with Crippen molar-refractivity contribution in [2.45, 2.75) is 50.2 Å². The molecule has 182 valence electrons. The zero-order valence-corrected chi connectivity index (χ0v) is 18.8. The number of hydrogen-bond acceptors (Lipinski definition) is 6. The molecule has 1 saturated heterocycles. The summed E-state index contributed by atoms with van der Waals surface area (Å²) in [5.74, 6) is 0.189. The van der Waals surface area contributed by atoms with Crippen LogP contribution in [0.15, 0.2) is 61.1 Å². The number of ether oxygens (including phenoxy) is 1. The Morgan fingerprint density at radius 1 is 1.09 bits per heavy atom. The molecule has 3 heterocycles. The van der Waals surface area contributed by atoms with Gasteiger partial charge in [0.05, 0.1) is 29.3 Å². The van der Waals surface area contributed by atoms with Gasteiger partial charge in [0.1, 0.15) is 6.10 Å². The number of aromatic nitrogens is 3. The van der Waals surface area contributed by atoms with Crippen LogP contribution in [0.1, 0.15) is 35.7 Å². The quantitative estimate of drug-likeness (QED) is 0.589. The van der Waals surface area contributed by atoms with E-state index in [2.05, 4.69) is 15.0 Å². The number of fused-ring (bicyclic) bond motifs is 2. The molecule has 2 bridgehead atoms. The molecule has 10 heteroatoms. The number of rotatable bonds is 5. The maximum atomic E-state index is 13.9. The molecule has 2 fully saturated rings. The van der Waals surface area contributed by atoms with Crippen LogP contribution in [0, 0.1) is 5.92 Å². The number of nitrogens with zero attached hydrogens (tertiary/aromatic N) is 4. The molecule has 1 aliphatic carbocycles. The standard InChI is InChI=1S/C25H23F3N4O3/c1-14(33)22-15-11-19(20(12-15)35-21-8-7-16(13-31-21)25(26,27)28)32(22)24(34)18-6-3-2-5-17(18)23-29-9-4-10-30-23/h2-10,13-15,19-20,22,33H,11-12H2,1H3. The minimum atomic E-state index is -4.48. The topological polar surface area (TPSA) is 88.4 Å². The first kappa shape index (κ1) is 23.2. The Morgan fingerprint density at radius 2 is 1.83 bits per heavy atom. The zero-order valence-electron chi connectivity index (χ0n) is 18.8. The van der Waals surface area contributed by atoms with Gasteiger partial charge in [-0.15, -0.1) is 0 Å². The van der Waals surface area contributed by atoms with Gasteiger partial charge < -0.3 is 14.7 Å². The number of hydrogen-bond donors (Lipinski definition) is 1. The van der Waals surface area contributed by atoms with Crippen LogP contribution in [0.5, 0.6) is 5.88 Å². The summed E-state index contributed by atoms with van der Waals surface area (Å²) < 4.78 is 44.6. The summed E-state index contributed by atoms with van der Waals surface area (Å²) >= 11 is 0. The molecule has 1 saturated carbocycles. The number of benzene rings is 1. The maximum absolute atomic E-state index is 13.9. The van der Waals surface area contributed by atoms with Crippen LogP contribution < -0.4 is 4.74 Å². The second-order valence-corrected chi connectivity index (χ2v) is 8.90. The molecular weight excluding hydrogens is 461 g/mol. The molecular formula is C25H23F3N4O3. The van der Waals surface area contributed by atoms with Gasteiger partial charge in [0.15, 0.2) is 5.82 Å². The summed E-state index contributed by atoms with van der Waals surface area (Å²) in [5.41, 5.74) is 0.124. The highest BCUT2D eigenvalue weighted by atomic mass is 19.4. The van der Waals surface area contributed by atoms with E-state index in [4.69, 9.17) is 4.74 Å². The van der Waals surface area contributed by atoms with Gasteiger partial charge in [-0.25, -0.2) is 15.0 Å². The van der Waals surface area contributed by atoms with Crippen molar-refractivity contribution in [2.24, 2.45) is 5.92 Å². The first-order valence-corrected chi connectivity index (χ1v) is 11.3. The van der Waals surface area contributed by atoms with Crippen LogP contribution in [-0.4, -0.2) is 55.2 Å². The summed E-state index contributed by atoms with van der Waals surface area (Å²) in [4.78, 5) is 27.9. The highest BCUT2D eigenvalue weighted by Crippen LogP contribution is 2.46. The summed E-state index contributed by atoms with van der Waals surface area (Å²) in [5, 5.41) is 10.5. The van der Waals surface area contributed by atoms with Gasteiger partial charge in [-0.2, -0.15) is 13.2 Å². The van der Waals surface area contributed by atoms with Gasteiger partial charge in [0, 0.05) is 30.2 Å². The second kappa shape index (κ2) is 8.92. The molecule has 1 aliphatic heterocycles. The van der Waals surface area contributed by atoms with Crippen molar-refractivity contribution in [2.75, 3.05) is 0 Å². The van der Waals surface area contributed by atoms with Gasteiger partial charge in [0.2, 0.25) is 5.88 Å². The molecule has 0 spiro atoms. The van der Waals surface area contributed by atoms with Gasteiger partial charge in [0.25, 0.3) is 5.91 Å². The average Bonchev–Trinajstić information content (AvgIpc) is 3.42. The number of likely N-dealkylation sites (tertiary alicyclic amines) is 1. The Kier molecular flexibility index (Phi) is 5.92. The lowest BCUT2D eigenvalue weighted by Gasteiger charge is -2.40. The lowest BCUT2D eigenvalue weighted by atomic mass is 9.92. The molecule has 1 N–H and O–H groups in total. The molecule has 1 aromatic carbocycles. The first-order chi connectivity index (χ1) is 16.7. The van der Waals surface area contributed by atoms with E-state index in [0.29, 0.717) is 29.8 Å². The number of alkyl halides is 3. The first-order valence-electron chi connectivity index (χ1n) is 11.3. The monoisotopic (exact) mass is 484 g/mol. The number of halogens is 3. The van der Waals surface area contributed by atoms with Gasteiger partial charge >= 0.3 is 6.18 Å². The van der Waals surface area contributed by atoms with Crippen LogP contribution in [0.2, 0.25) is 0 Å². The van der Waals surface area contributed by atoms with Crippen molar-refractivity contribution < 1.29 is 27.8 Å². The van der Waals surface area contributed by atoms with E-state index in [1.165, 1.54) is 6.07 Å². The number of aliphatic hydroxyl groups excluding tert-OH is 1. The number of aliphatic hydroxyl groups is 1. The molecule has 5 atom stereocenters. The number of pyridine rings is 1. The van der Waals surface area contributed by atoms with Crippen molar-refractivity contribution in [3.05, 3.63) is 72.2 Å². The summed E-state index contributed by atoms with van der Waals surface area (Å²) in [6, 6.07) is 10.1. The second-order valence-electron chi connectivity index (χ2n) is 8.90. The van der Waals surface area contributed by atoms with Crippen molar-refractivity contribution in [3.63, 3.8) is 0 Å². The van der Waals surface area contributed by atoms with E-state index in [1.807, 2.05) is 0 Å². The molecule has 5 unspecified atom stereocenters. The minimum Gasteiger partial charge on any atom is -0.472 e. The predicted octanol–water partition coefficient (Wildman–Crippen LogP) is 3.99. The Hall–Kier alpha value is -3.53. The van der Waals surface area contributed by atoms with E-state index < -0.39 is 30.0 Å². The third kappa shape index (κ3) is 4.34. The predicted molar refractivity (Wildman–Crippen MR) is 119 cm³/mol. The van der Waals surface area contributed by atoms with Crippen LogP contribution in [0.4, 0.5) is 13.2 Å². The normalized spacial score (nSPS) is 24.4. The third-order valence-corrected chi connectivity index (χ3v) is 6.70. The van der Waals surface area contributed by atoms with Crippen LogP contribution in [-0.2, 0) is 6.18 Å². The van der Waals surface area contributed by atoms with Crippen molar-refractivity contribution in [1.29, 1.82) is 0 Å². The summed E-state index contributed by atoms with van der Waals surface area (Å²) in [7, 11) is 0. The van der Waals surface area contributed by atoms with Gasteiger partial charge in [-0.05, 0) is 43.9 Å². The number of amides is 1. The lowest BCUT2D eigenvalue weighted by Crippen LogP contribution is -2.55. The van der Waals surface area contributed by atoms with Gasteiger partial charge in [-0.3, -0.25) is 4.79 Å². The Labute approximate surface area is 199 Å². The highest BCUT2D eigenvalue weighted by Gasteiger charge is 2.56. The number of piperidine rings is 1. The molecule has 2 aromatic heterocycles. The fraction of sp³-hybridized carbons (Fsp3) is 0.360. The molecule has 35 heavy (non-hydrogen) atoms. The van der Waals surface area contributed by atoms with E-state index in [1.54, 1.807) is 54.5 Å². The maximum Gasteiger partial charge on any atom is 0.417 e. The number of carbonyl (C=O) groups is 1. The van der Waals surface area contributed by atoms with Crippen LogP contribution in [0.25, 0.3) is 11.4 Å². The number of carbonyl (C=O) groups excluding carboxylic acids is 1. The Morgan fingerprint density at radius 3 is 2.49 bits per heavy atom. The SMILES string of the molecule is CC(O)C1C2CC(Oc3ccc(C(F)(F)F)cn3)C(C2)N1C(=O)c1ccccc1-c1ncccn1. The molecule has 1 amide bonds. The Balaban J connectivity index is 1.43. The van der Waals surface area contributed by atoms with E-state index >= 15 is 0 Å². The lowest BCUT2D eigenvalue weighted by molar-refractivity contribution is -0.137. The summed E-state index contributed by atoms with van der Waals surface area (Å²) in [6.07, 6.45) is -0.585. The van der Waals surface area contributed by atoms with E-state index in [9.17, 15) is 23.1 Å². The molecule has 2 aliphatic rings. The highest BCUT2D eigenvalue weighted by molar-refractivity contribution is 6.00. The Bertz CT molecular complexity index is 1200. The average molecular weight is 484 g/mol. The van der Waals surface area contributed by atoms with Gasteiger partial charge in [-0.1, -0.05) is 18.2 Å². The molecule has 5 rings (SSSR count). The largest absolute Gasteiger partial charge is 0.472 e. The van der Waals surface area contributed by atoms with Crippen molar-refractivity contribution in [3.8, 4) is 17.3 Å². The molecule has 0 radical (unpaired) electrons. The molecule has 3 aromatic rings. The minimum absolute atomic E-state index is 0.0106. The molecule has 7 nitrogen and oxygen atoms in total. The van der Waals surface area contributed by atoms with E-state index in [-0.39, 0.29) is 23.7 Å². The van der Waals surface area contributed by atoms with Crippen LogP contribution in [0.3, 0.4) is 0 Å². The van der Waals surface area contributed by atoms with Crippen LogP contribution >= 0.6 is 0 Å². The fourth-order valence-corrected chi connectivity index (χ4v) is 5.29. The van der Waals surface area contributed by atoms with Crippen molar-refractivity contribution in [1.82, 2.24) is 19.9 Å². The van der Waals surface area contributed by atoms with E-state index in [0.717, 1.165) is 12.3 Å². The third-order valence-electron chi connectivity index (χ3n) is 6.70. The zero-order chi connectivity index (χ0) is 24.7. The fourth-order valence-electron chi connectivity index (χ4n) is 5.29.